The summed E-state index contributed by atoms with van der Waals surface area (Å²) in [4.78, 5) is 14.0. The number of aliphatic hydroxyl groups is 1. The first kappa shape index (κ1) is 12.8. The normalized spacial score (nSPS) is 23.9. The summed E-state index contributed by atoms with van der Waals surface area (Å²) in [7, 11) is 0. The van der Waals surface area contributed by atoms with Gasteiger partial charge in [-0.2, -0.15) is 11.8 Å². The zero-order valence-electron chi connectivity index (χ0n) is 9.61. The maximum absolute atomic E-state index is 12.0. The van der Waals surface area contributed by atoms with E-state index in [2.05, 4.69) is 0 Å². The summed E-state index contributed by atoms with van der Waals surface area (Å²) < 4.78 is 0. The van der Waals surface area contributed by atoms with Gasteiger partial charge in [-0.25, -0.2) is 0 Å². The molecule has 0 saturated carbocycles. The minimum Gasteiger partial charge on any atom is -0.396 e. The third kappa shape index (κ3) is 3.38. The highest BCUT2D eigenvalue weighted by molar-refractivity contribution is 7.99. The molecule has 1 amide bonds. The Morgan fingerprint density at radius 2 is 2.40 bits per heavy atom. The van der Waals surface area contributed by atoms with E-state index in [1.807, 2.05) is 18.1 Å². The second-order valence-corrected chi connectivity index (χ2v) is 5.15. The quantitative estimate of drug-likeness (QED) is 0.794. The van der Waals surface area contributed by atoms with E-state index >= 15 is 0 Å². The number of nitrogens with zero attached hydrogens (tertiary/aromatic N) is 1. The van der Waals surface area contributed by atoms with Crippen LogP contribution in [0.4, 0.5) is 0 Å². The summed E-state index contributed by atoms with van der Waals surface area (Å²) in [5.74, 6) is 0.546. The van der Waals surface area contributed by atoms with Crippen LogP contribution in [0.5, 0.6) is 0 Å². The molecule has 0 aromatic carbocycles. The van der Waals surface area contributed by atoms with Crippen LogP contribution >= 0.6 is 11.8 Å². The van der Waals surface area contributed by atoms with E-state index in [-0.39, 0.29) is 17.8 Å². The number of carbonyl (C=O) groups excluding carboxylic acids is 1. The summed E-state index contributed by atoms with van der Waals surface area (Å²) in [6.07, 6.45) is 4.96. The van der Waals surface area contributed by atoms with Crippen molar-refractivity contribution < 1.29 is 9.90 Å². The molecule has 3 nitrogen and oxygen atoms in total. The molecule has 1 N–H and O–H groups in total. The number of carbonyl (C=O) groups is 1. The van der Waals surface area contributed by atoms with Gasteiger partial charge in [-0.3, -0.25) is 4.79 Å². The maximum atomic E-state index is 12.0. The number of amides is 1. The van der Waals surface area contributed by atoms with Crippen molar-refractivity contribution in [3.63, 3.8) is 0 Å². The highest BCUT2D eigenvalue weighted by atomic mass is 32.2. The first-order chi connectivity index (χ1) is 7.22. The molecule has 2 unspecified atom stereocenters. The summed E-state index contributed by atoms with van der Waals surface area (Å²) in [6, 6.07) is 0. The Morgan fingerprint density at radius 3 is 2.93 bits per heavy atom. The standard InChI is InChI=1S/C11H21NO2S/c1-3-10(15-2)11(14)12-6-4-5-9(7-12)8-13/h9-10,13H,3-8H2,1-2H3. The van der Waals surface area contributed by atoms with Crippen LogP contribution in [0.25, 0.3) is 0 Å². The highest BCUT2D eigenvalue weighted by Crippen LogP contribution is 2.20. The van der Waals surface area contributed by atoms with Gasteiger partial charge in [0.2, 0.25) is 5.91 Å². The smallest absolute Gasteiger partial charge is 0.235 e. The van der Waals surface area contributed by atoms with Crippen LogP contribution in [0, 0.1) is 5.92 Å². The molecule has 1 aliphatic rings. The summed E-state index contributed by atoms with van der Waals surface area (Å²) in [6.45, 7) is 3.87. The lowest BCUT2D eigenvalue weighted by Gasteiger charge is -2.33. The number of thioether (sulfide) groups is 1. The van der Waals surface area contributed by atoms with Gasteiger partial charge in [0, 0.05) is 19.7 Å². The molecule has 1 rings (SSSR count). The van der Waals surface area contributed by atoms with E-state index in [9.17, 15) is 4.79 Å². The number of hydrogen-bond donors (Lipinski definition) is 1. The Morgan fingerprint density at radius 1 is 1.67 bits per heavy atom. The first-order valence-electron chi connectivity index (χ1n) is 5.65. The fraction of sp³-hybridized carbons (Fsp3) is 0.909. The lowest BCUT2D eigenvalue weighted by atomic mass is 9.99. The predicted molar refractivity (Wildman–Crippen MR) is 64.0 cm³/mol. The summed E-state index contributed by atoms with van der Waals surface area (Å²) in [5.41, 5.74) is 0. The van der Waals surface area contributed by atoms with Crippen LogP contribution < -0.4 is 0 Å². The number of piperidine rings is 1. The molecule has 0 aromatic rings. The Balaban J connectivity index is 2.51. The van der Waals surface area contributed by atoms with Crippen LogP contribution in [0.2, 0.25) is 0 Å². The van der Waals surface area contributed by atoms with Crippen molar-refractivity contribution >= 4 is 17.7 Å². The Bertz CT molecular complexity index is 207. The van der Waals surface area contributed by atoms with E-state index in [4.69, 9.17) is 5.11 Å². The van der Waals surface area contributed by atoms with Crippen molar-refractivity contribution in [3.05, 3.63) is 0 Å². The van der Waals surface area contributed by atoms with Crippen LogP contribution in [-0.4, -0.2) is 47.1 Å². The van der Waals surface area contributed by atoms with Gasteiger partial charge in [-0.05, 0) is 31.4 Å². The van der Waals surface area contributed by atoms with Crippen molar-refractivity contribution in [2.24, 2.45) is 5.92 Å². The Labute approximate surface area is 96.2 Å². The minimum atomic E-state index is 0.0995. The lowest BCUT2D eigenvalue weighted by molar-refractivity contribution is -0.132. The topological polar surface area (TPSA) is 40.5 Å². The van der Waals surface area contributed by atoms with Crippen LogP contribution in [-0.2, 0) is 4.79 Å². The van der Waals surface area contributed by atoms with Crippen LogP contribution in [0.15, 0.2) is 0 Å². The van der Waals surface area contributed by atoms with Crippen molar-refractivity contribution in [3.8, 4) is 0 Å². The Kier molecular flexibility index (Phi) is 5.47. The molecule has 1 aliphatic heterocycles. The van der Waals surface area contributed by atoms with Crippen molar-refractivity contribution in [2.75, 3.05) is 26.0 Å². The van der Waals surface area contributed by atoms with Crippen LogP contribution in [0.1, 0.15) is 26.2 Å². The van der Waals surface area contributed by atoms with Gasteiger partial charge in [0.1, 0.15) is 0 Å². The fourth-order valence-corrected chi connectivity index (χ4v) is 2.74. The lowest BCUT2D eigenvalue weighted by Crippen LogP contribution is -2.44. The molecule has 0 bridgehead atoms. The minimum absolute atomic E-state index is 0.0995. The SMILES string of the molecule is CCC(SC)C(=O)N1CCCC(CO)C1. The molecule has 88 valence electrons. The second kappa shape index (κ2) is 6.38. The van der Waals surface area contributed by atoms with Gasteiger partial charge in [-0.15, -0.1) is 0 Å². The van der Waals surface area contributed by atoms with E-state index < -0.39 is 0 Å². The van der Waals surface area contributed by atoms with Gasteiger partial charge in [-0.1, -0.05) is 6.92 Å². The molecule has 0 spiro atoms. The summed E-state index contributed by atoms with van der Waals surface area (Å²) in [5, 5.41) is 9.20. The third-order valence-electron chi connectivity index (χ3n) is 3.02. The van der Waals surface area contributed by atoms with E-state index in [0.717, 1.165) is 32.4 Å². The molecule has 0 aliphatic carbocycles. The highest BCUT2D eigenvalue weighted by Gasteiger charge is 2.27. The molecule has 4 heteroatoms. The summed E-state index contributed by atoms with van der Waals surface area (Å²) >= 11 is 1.63. The number of hydrogen-bond acceptors (Lipinski definition) is 3. The molecule has 1 heterocycles. The van der Waals surface area contributed by atoms with Crippen molar-refractivity contribution in [1.82, 2.24) is 4.90 Å². The van der Waals surface area contributed by atoms with E-state index in [0.29, 0.717) is 5.92 Å². The predicted octanol–water partition coefficient (Wildman–Crippen LogP) is 1.36. The fourth-order valence-electron chi connectivity index (χ4n) is 2.06. The largest absolute Gasteiger partial charge is 0.396 e. The molecule has 2 atom stereocenters. The van der Waals surface area contributed by atoms with Crippen molar-refractivity contribution in [1.29, 1.82) is 0 Å². The monoisotopic (exact) mass is 231 g/mol. The van der Waals surface area contributed by atoms with Gasteiger partial charge >= 0.3 is 0 Å². The molecular formula is C11H21NO2S. The van der Waals surface area contributed by atoms with E-state index in [1.165, 1.54) is 0 Å². The maximum Gasteiger partial charge on any atom is 0.235 e. The zero-order valence-corrected chi connectivity index (χ0v) is 10.4. The van der Waals surface area contributed by atoms with E-state index in [1.54, 1.807) is 11.8 Å². The number of rotatable bonds is 4. The molecule has 0 aromatic heterocycles. The third-order valence-corrected chi connectivity index (χ3v) is 4.12. The van der Waals surface area contributed by atoms with Gasteiger partial charge in [0.25, 0.3) is 0 Å². The Hall–Kier alpha value is -0.220. The second-order valence-electron chi connectivity index (χ2n) is 4.11. The van der Waals surface area contributed by atoms with Gasteiger partial charge < -0.3 is 10.0 Å². The van der Waals surface area contributed by atoms with Crippen LogP contribution in [0.3, 0.4) is 0 Å². The molecule has 1 saturated heterocycles. The molecule has 15 heavy (non-hydrogen) atoms. The number of likely N-dealkylation sites (tertiary alicyclic amines) is 1. The first-order valence-corrected chi connectivity index (χ1v) is 6.94. The number of aliphatic hydroxyl groups excluding tert-OH is 1. The molecule has 1 fully saturated rings. The van der Waals surface area contributed by atoms with Gasteiger partial charge in [0.05, 0.1) is 5.25 Å². The average molecular weight is 231 g/mol. The van der Waals surface area contributed by atoms with Gasteiger partial charge in [0.15, 0.2) is 0 Å². The molecular weight excluding hydrogens is 210 g/mol. The average Bonchev–Trinajstić information content (AvgIpc) is 2.30. The molecule has 0 radical (unpaired) electrons. The van der Waals surface area contributed by atoms with Crippen molar-refractivity contribution in [2.45, 2.75) is 31.4 Å². The zero-order chi connectivity index (χ0) is 11.3.